The molecule has 5 rings (SSSR count). The van der Waals surface area contributed by atoms with Gasteiger partial charge in [-0.1, -0.05) is 29.4 Å². The highest BCUT2D eigenvalue weighted by Crippen LogP contribution is 2.32. The highest BCUT2D eigenvalue weighted by Gasteiger charge is 2.19. The number of hydrogen-bond acceptors (Lipinski definition) is 7. The second-order valence-electron chi connectivity index (χ2n) is 6.70. The van der Waals surface area contributed by atoms with E-state index in [0.717, 1.165) is 41.8 Å². The Balaban J connectivity index is 1.45. The Morgan fingerprint density at radius 3 is 2.57 bits per heavy atom. The Morgan fingerprint density at radius 1 is 0.857 bits per heavy atom. The molecule has 4 aromatic rings. The van der Waals surface area contributed by atoms with Crippen molar-refractivity contribution in [3.8, 4) is 28.6 Å². The van der Waals surface area contributed by atoms with Gasteiger partial charge >= 0.3 is 6.01 Å². The summed E-state index contributed by atoms with van der Waals surface area (Å²) in [4.78, 5) is 0. The van der Waals surface area contributed by atoms with E-state index in [4.69, 9.17) is 4.42 Å². The van der Waals surface area contributed by atoms with Crippen molar-refractivity contribution in [1.29, 1.82) is 0 Å². The van der Waals surface area contributed by atoms with Crippen molar-refractivity contribution in [2.24, 2.45) is 0 Å². The first-order valence-electron chi connectivity index (χ1n) is 9.11. The summed E-state index contributed by atoms with van der Waals surface area (Å²) in [5, 5.41) is 29.3. The number of nitrogens with one attached hydrogen (secondary N) is 1. The zero-order valence-electron chi connectivity index (χ0n) is 15.0. The fourth-order valence-corrected chi connectivity index (χ4v) is 3.44. The summed E-state index contributed by atoms with van der Waals surface area (Å²) in [6, 6.07) is 17.2. The molecule has 0 radical (unpaired) electrons. The highest BCUT2D eigenvalue weighted by atomic mass is 16.4. The number of rotatable bonds is 3. The van der Waals surface area contributed by atoms with Crippen molar-refractivity contribution < 1.29 is 9.52 Å². The molecule has 1 aliphatic rings. The molecule has 0 aliphatic heterocycles. The smallest absolute Gasteiger partial charge is 0.320 e. The van der Waals surface area contributed by atoms with Gasteiger partial charge in [0, 0.05) is 11.3 Å². The summed E-state index contributed by atoms with van der Waals surface area (Å²) in [7, 11) is 0. The predicted octanol–water partition coefficient (Wildman–Crippen LogP) is 4.13. The maximum atomic E-state index is 9.36. The SMILES string of the molecule is Oc1ccc(Nc2nnc(-c3cc4c(nn3)-c3ccccc3CCC4)o2)cc1. The Hall–Kier alpha value is -3.74. The molecule has 0 unspecified atom stereocenters. The fourth-order valence-electron chi connectivity index (χ4n) is 3.44. The number of anilines is 2. The van der Waals surface area contributed by atoms with Crippen LogP contribution in [0.4, 0.5) is 11.7 Å². The summed E-state index contributed by atoms with van der Waals surface area (Å²) >= 11 is 0. The van der Waals surface area contributed by atoms with Gasteiger partial charge in [-0.25, -0.2) is 0 Å². The largest absolute Gasteiger partial charge is 0.508 e. The number of hydrogen-bond donors (Lipinski definition) is 2. The highest BCUT2D eigenvalue weighted by molar-refractivity contribution is 5.69. The van der Waals surface area contributed by atoms with E-state index in [1.54, 1.807) is 24.3 Å². The number of aromatic nitrogens is 4. The number of benzene rings is 2. The minimum absolute atomic E-state index is 0.193. The van der Waals surface area contributed by atoms with Gasteiger partial charge in [-0.2, -0.15) is 0 Å². The van der Waals surface area contributed by atoms with Crippen molar-refractivity contribution in [2.45, 2.75) is 19.3 Å². The van der Waals surface area contributed by atoms with E-state index in [9.17, 15) is 5.11 Å². The second-order valence-corrected chi connectivity index (χ2v) is 6.70. The van der Waals surface area contributed by atoms with Crippen molar-refractivity contribution in [1.82, 2.24) is 20.4 Å². The van der Waals surface area contributed by atoms with E-state index >= 15 is 0 Å². The topological polar surface area (TPSA) is 97.0 Å². The van der Waals surface area contributed by atoms with Gasteiger partial charge in [0.2, 0.25) is 0 Å². The van der Waals surface area contributed by atoms with Crippen LogP contribution >= 0.6 is 0 Å². The third kappa shape index (κ3) is 3.07. The van der Waals surface area contributed by atoms with E-state index in [2.05, 4.69) is 43.9 Å². The Kier molecular flexibility index (Phi) is 3.97. The van der Waals surface area contributed by atoms with Crippen molar-refractivity contribution in [3.63, 3.8) is 0 Å². The van der Waals surface area contributed by atoms with Crippen molar-refractivity contribution in [3.05, 3.63) is 65.7 Å². The lowest BCUT2D eigenvalue weighted by molar-refractivity contribution is 0.475. The third-order valence-corrected chi connectivity index (χ3v) is 4.80. The molecular weight excluding hydrogens is 354 g/mol. The van der Waals surface area contributed by atoms with Gasteiger partial charge in [0.1, 0.15) is 5.75 Å². The Morgan fingerprint density at radius 2 is 1.68 bits per heavy atom. The average Bonchev–Trinajstić information content (AvgIpc) is 3.10. The molecule has 7 nitrogen and oxygen atoms in total. The molecule has 0 atom stereocenters. The number of aromatic hydroxyl groups is 1. The van der Waals surface area contributed by atoms with Crippen LogP contribution in [-0.2, 0) is 12.8 Å². The average molecular weight is 371 g/mol. The van der Waals surface area contributed by atoms with Gasteiger partial charge in [-0.15, -0.1) is 15.3 Å². The van der Waals surface area contributed by atoms with Crippen molar-refractivity contribution >= 4 is 11.7 Å². The lowest BCUT2D eigenvalue weighted by Gasteiger charge is -2.07. The molecule has 7 heteroatoms. The van der Waals surface area contributed by atoms with Gasteiger partial charge in [0.05, 0.1) is 5.69 Å². The molecule has 2 aromatic heterocycles. The van der Waals surface area contributed by atoms with Crippen LogP contribution in [0, 0.1) is 0 Å². The summed E-state index contributed by atoms with van der Waals surface area (Å²) in [5.41, 5.74) is 5.82. The fraction of sp³-hybridized carbons (Fsp3) is 0.143. The molecule has 138 valence electrons. The minimum atomic E-state index is 0.193. The van der Waals surface area contributed by atoms with E-state index in [0.29, 0.717) is 11.6 Å². The Bertz CT molecular complexity index is 1140. The molecule has 0 fully saturated rings. The first-order chi connectivity index (χ1) is 13.8. The van der Waals surface area contributed by atoms with Gasteiger partial charge in [-0.05, 0) is 60.7 Å². The predicted molar refractivity (Wildman–Crippen MR) is 104 cm³/mol. The summed E-state index contributed by atoms with van der Waals surface area (Å²) in [5.74, 6) is 0.507. The maximum absolute atomic E-state index is 9.36. The number of nitrogens with zero attached hydrogens (tertiary/aromatic N) is 4. The molecule has 0 spiro atoms. The number of phenolic OH excluding ortho intramolecular Hbond substituents is 1. The molecule has 28 heavy (non-hydrogen) atoms. The first-order valence-corrected chi connectivity index (χ1v) is 9.11. The van der Waals surface area contributed by atoms with Crippen LogP contribution in [0.1, 0.15) is 17.5 Å². The minimum Gasteiger partial charge on any atom is -0.508 e. The van der Waals surface area contributed by atoms with E-state index < -0.39 is 0 Å². The molecule has 0 saturated heterocycles. The van der Waals surface area contributed by atoms with E-state index in [-0.39, 0.29) is 11.8 Å². The molecule has 0 saturated carbocycles. The molecule has 2 N–H and O–H groups in total. The van der Waals surface area contributed by atoms with Crippen molar-refractivity contribution in [2.75, 3.05) is 5.32 Å². The lowest BCUT2D eigenvalue weighted by Crippen LogP contribution is -1.97. The maximum Gasteiger partial charge on any atom is 0.320 e. The van der Waals surface area contributed by atoms with E-state index in [1.165, 1.54) is 5.56 Å². The van der Waals surface area contributed by atoms with Gasteiger partial charge < -0.3 is 14.8 Å². The zero-order valence-corrected chi connectivity index (χ0v) is 15.0. The van der Waals surface area contributed by atoms with Gasteiger partial charge in [0.25, 0.3) is 5.89 Å². The number of fused-ring (bicyclic) bond motifs is 3. The van der Waals surface area contributed by atoms with Crippen LogP contribution in [0.15, 0.2) is 59.0 Å². The lowest BCUT2D eigenvalue weighted by atomic mass is 10.0. The zero-order chi connectivity index (χ0) is 18.9. The summed E-state index contributed by atoms with van der Waals surface area (Å²) < 4.78 is 5.70. The summed E-state index contributed by atoms with van der Waals surface area (Å²) in [6.07, 6.45) is 3.02. The van der Waals surface area contributed by atoms with Crippen LogP contribution < -0.4 is 5.32 Å². The molecule has 2 aromatic carbocycles. The molecule has 1 aliphatic carbocycles. The molecule has 0 bridgehead atoms. The number of phenols is 1. The molecule has 2 heterocycles. The van der Waals surface area contributed by atoms with Crippen LogP contribution in [0.2, 0.25) is 0 Å². The first kappa shape index (κ1) is 16.4. The number of aryl methyl sites for hydroxylation is 2. The van der Waals surface area contributed by atoms with Crippen LogP contribution in [-0.4, -0.2) is 25.5 Å². The van der Waals surface area contributed by atoms with Crippen LogP contribution in [0.3, 0.4) is 0 Å². The molecule has 0 amide bonds. The third-order valence-electron chi connectivity index (χ3n) is 4.80. The summed E-state index contributed by atoms with van der Waals surface area (Å²) in [6.45, 7) is 0. The van der Waals surface area contributed by atoms with Crippen LogP contribution in [0.5, 0.6) is 5.75 Å². The monoisotopic (exact) mass is 371 g/mol. The quantitative estimate of drug-likeness (QED) is 0.523. The van der Waals surface area contributed by atoms with Crippen LogP contribution in [0.25, 0.3) is 22.8 Å². The van der Waals surface area contributed by atoms with Gasteiger partial charge in [-0.3, -0.25) is 0 Å². The van der Waals surface area contributed by atoms with Gasteiger partial charge in [0.15, 0.2) is 5.69 Å². The standard InChI is InChI=1S/C21H17N5O2/c27-16-10-8-15(9-11-16)22-21-26-25-20(28-21)18-12-14-6-3-5-13-4-1-2-7-17(13)19(14)24-23-18/h1-2,4,7-12,27H,3,5-6H2,(H,22,26). The second kappa shape index (κ2) is 6.77. The molecular formula is C21H17N5O2. The normalized spacial score (nSPS) is 12.7. The Labute approximate surface area is 161 Å². The van der Waals surface area contributed by atoms with E-state index in [1.807, 2.05) is 12.1 Å².